The number of nitro groups is 1. The molecule has 0 radical (unpaired) electrons. The number of non-ortho nitro benzene ring substituents is 1. The molecule has 0 N–H and O–H groups in total. The highest BCUT2D eigenvalue weighted by Crippen LogP contribution is 2.31. The van der Waals surface area contributed by atoms with Crippen molar-refractivity contribution in [2.24, 2.45) is 4.99 Å². The van der Waals surface area contributed by atoms with Gasteiger partial charge in [-0.15, -0.1) is 0 Å². The summed E-state index contributed by atoms with van der Waals surface area (Å²) in [4.78, 5) is 47.4. The fourth-order valence-corrected chi connectivity index (χ4v) is 6.04. The van der Waals surface area contributed by atoms with Gasteiger partial charge in [0, 0.05) is 49.6 Å². The number of rotatable bonds is 6. The van der Waals surface area contributed by atoms with Crippen LogP contribution in [0.5, 0.6) is 0 Å². The third-order valence-corrected chi connectivity index (χ3v) is 8.04. The van der Waals surface area contributed by atoms with Crippen molar-refractivity contribution in [3.05, 3.63) is 100 Å². The first-order valence-corrected chi connectivity index (χ1v) is 13.7. The molecule has 0 unspecified atom stereocenters. The first-order chi connectivity index (χ1) is 19.2. The summed E-state index contributed by atoms with van der Waals surface area (Å²) in [5.74, 6) is -1.06. The van der Waals surface area contributed by atoms with E-state index in [1.165, 1.54) is 41.0 Å². The highest BCUT2D eigenvalue weighted by atomic mass is 32.1. The standard InChI is InChI=1S/C28H28FN5O5S/c1-4-39-27(36)24-17(2)30-28-33(25(24)18-5-7-20(29)8-6-18)26(35)23(40-28)16-19-15-21(34(37)38)9-10-22(19)32-13-11-31(3)12-14-32/h5-10,15-16,25H,4,11-14H2,1-3H3/t25-/m1/s1. The van der Waals surface area contributed by atoms with Crippen molar-refractivity contribution in [1.82, 2.24) is 9.47 Å². The molecule has 0 amide bonds. The lowest BCUT2D eigenvalue weighted by Crippen LogP contribution is -2.44. The molecule has 208 valence electrons. The van der Waals surface area contributed by atoms with Gasteiger partial charge in [-0.25, -0.2) is 14.2 Å². The molecule has 1 saturated heterocycles. The van der Waals surface area contributed by atoms with Gasteiger partial charge < -0.3 is 14.5 Å². The molecule has 0 saturated carbocycles. The first-order valence-electron chi connectivity index (χ1n) is 12.8. The van der Waals surface area contributed by atoms with Gasteiger partial charge >= 0.3 is 5.97 Å². The Labute approximate surface area is 233 Å². The minimum atomic E-state index is -0.875. The molecule has 2 aliphatic rings. The van der Waals surface area contributed by atoms with Crippen LogP contribution in [0.4, 0.5) is 15.8 Å². The second kappa shape index (κ2) is 11.1. The lowest BCUT2D eigenvalue weighted by Gasteiger charge is -2.34. The number of piperazine rings is 1. The van der Waals surface area contributed by atoms with E-state index in [1.54, 1.807) is 26.0 Å². The molecule has 0 aliphatic carbocycles. The van der Waals surface area contributed by atoms with E-state index >= 15 is 0 Å². The number of aromatic nitrogens is 1. The number of carbonyl (C=O) groups is 1. The highest BCUT2D eigenvalue weighted by Gasteiger charge is 2.33. The Morgan fingerprint density at radius 3 is 2.55 bits per heavy atom. The van der Waals surface area contributed by atoms with Gasteiger partial charge in [0.25, 0.3) is 11.2 Å². The van der Waals surface area contributed by atoms with Crippen molar-refractivity contribution in [3.8, 4) is 0 Å². The molecule has 1 atom stereocenters. The minimum Gasteiger partial charge on any atom is -0.463 e. The van der Waals surface area contributed by atoms with E-state index in [9.17, 15) is 24.1 Å². The molecular formula is C28H28FN5O5S. The normalized spacial score (nSPS) is 17.9. The lowest BCUT2D eigenvalue weighted by molar-refractivity contribution is -0.384. The van der Waals surface area contributed by atoms with Gasteiger partial charge in [-0.05, 0) is 50.7 Å². The SMILES string of the molecule is CCOC(=O)C1=C(C)N=c2sc(=Cc3cc([N+](=O)[O-])ccc3N3CCN(C)CC3)c(=O)n2[C@@H]1c1ccc(F)cc1. The third kappa shape index (κ3) is 5.19. The minimum absolute atomic E-state index is 0.0819. The van der Waals surface area contributed by atoms with Crippen LogP contribution in [0.25, 0.3) is 6.08 Å². The Balaban J connectivity index is 1.70. The fraction of sp³-hybridized carbons (Fsp3) is 0.321. The summed E-state index contributed by atoms with van der Waals surface area (Å²) < 4.78 is 20.8. The molecule has 40 heavy (non-hydrogen) atoms. The van der Waals surface area contributed by atoms with Crippen molar-refractivity contribution in [2.45, 2.75) is 19.9 Å². The predicted octanol–water partition coefficient (Wildman–Crippen LogP) is 2.60. The van der Waals surface area contributed by atoms with Crippen LogP contribution >= 0.6 is 11.3 Å². The molecule has 10 nitrogen and oxygen atoms in total. The Morgan fingerprint density at radius 1 is 1.20 bits per heavy atom. The van der Waals surface area contributed by atoms with Crippen LogP contribution in [0.15, 0.2) is 63.5 Å². The maximum atomic E-state index is 13.9. The van der Waals surface area contributed by atoms with Crippen LogP contribution in [-0.2, 0) is 9.53 Å². The van der Waals surface area contributed by atoms with E-state index < -0.39 is 28.3 Å². The quantitative estimate of drug-likeness (QED) is 0.257. The molecular weight excluding hydrogens is 537 g/mol. The Kier molecular flexibility index (Phi) is 7.63. The number of nitrogens with zero attached hydrogens (tertiary/aromatic N) is 5. The number of likely N-dealkylation sites (N-methyl/N-ethyl adjacent to an activating group) is 1. The van der Waals surface area contributed by atoms with Gasteiger partial charge in [-0.2, -0.15) is 0 Å². The number of nitro benzene ring substituents is 1. The molecule has 0 bridgehead atoms. The zero-order valence-corrected chi connectivity index (χ0v) is 23.1. The van der Waals surface area contributed by atoms with Gasteiger partial charge in [-0.3, -0.25) is 19.5 Å². The lowest BCUT2D eigenvalue weighted by atomic mass is 9.96. The molecule has 5 rings (SSSR count). The number of hydrogen-bond donors (Lipinski definition) is 0. The van der Waals surface area contributed by atoms with Crippen LogP contribution in [0.1, 0.15) is 31.0 Å². The van der Waals surface area contributed by atoms with Crippen molar-refractivity contribution in [1.29, 1.82) is 0 Å². The van der Waals surface area contributed by atoms with Gasteiger partial charge in [-0.1, -0.05) is 23.5 Å². The van der Waals surface area contributed by atoms with Crippen LogP contribution in [0.2, 0.25) is 0 Å². The number of halogens is 1. The molecule has 2 aromatic carbocycles. The molecule has 1 aromatic heterocycles. The predicted molar refractivity (Wildman–Crippen MR) is 150 cm³/mol. The topological polar surface area (TPSA) is 110 Å². The number of esters is 1. The number of anilines is 1. The zero-order valence-electron chi connectivity index (χ0n) is 22.3. The van der Waals surface area contributed by atoms with Crippen LogP contribution in [-0.4, -0.2) is 60.2 Å². The summed E-state index contributed by atoms with van der Waals surface area (Å²) in [5.41, 5.74) is 1.96. The summed E-state index contributed by atoms with van der Waals surface area (Å²) in [6, 6.07) is 9.39. The molecule has 12 heteroatoms. The van der Waals surface area contributed by atoms with Crippen molar-refractivity contribution >= 4 is 34.8 Å². The number of thiazole rings is 1. The number of fused-ring (bicyclic) bond motifs is 1. The number of carbonyl (C=O) groups excluding carboxylic acids is 1. The average molecular weight is 566 g/mol. The Hall–Kier alpha value is -4.16. The average Bonchev–Trinajstić information content (AvgIpc) is 3.23. The van der Waals surface area contributed by atoms with Gasteiger partial charge in [0.2, 0.25) is 0 Å². The maximum absolute atomic E-state index is 13.9. The summed E-state index contributed by atoms with van der Waals surface area (Å²) in [7, 11) is 2.04. The van der Waals surface area contributed by atoms with Crippen LogP contribution in [0.3, 0.4) is 0 Å². The molecule has 3 heterocycles. The Bertz CT molecular complexity index is 1690. The maximum Gasteiger partial charge on any atom is 0.338 e. The van der Waals surface area contributed by atoms with Gasteiger partial charge in [0.15, 0.2) is 4.80 Å². The monoisotopic (exact) mass is 565 g/mol. The smallest absolute Gasteiger partial charge is 0.338 e. The zero-order chi connectivity index (χ0) is 28.6. The van der Waals surface area contributed by atoms with E-state index in [0.29, 0.717) is 26.2 Å². The van der Waals surface area contributed by atoms with Crippen molar-refractivity contribution in [3.63, 3.8) is 0 Å². The van der Waals surface area contributed by atoms with E-state index in [1.807, 2.05) is 7.05 Å². The van der Waals surface area contributed by atoms with Gasteiger partial charge in [0.1, 0.15) is 5.82 Å². The van der Waals surface area contributed by atoms with Crippen LogP contribution in [0, 0.1) is 15.9 Å². The fourth-order valence-electron chi connectivity index (χ4n) is 5.00. The second-order valence-electron chi connectivity index (χ2n) is 9.64. The van der Waals surface area contributed by atoms with Crippen LogP contribution < -0.4 is 19.8 Å². The molecule has 0 spiro atoms. The van der Waals surface area contributed by atoms with Crippen molar-refractivity contribution < 1.29 is 18.8 Å². The molecule has 2 aliphatic heterocycles. The van der Waals surface area contributed by atoms with E-state index in [-0.39, 0.29) is 17.9 Å². The van der Waals surface area contributed by atoms with Crippen molar-refractivity contribution in [2.75, 3.05) is 44.7 Å². The molecule has 1 fully saturated rings. The summed E-state index contributed by atoms with van der Waals surface area (Å²) >= 11 is 1.13. The highest BCUT2D eigenvalue weighted by molar-refractivity contribution is 7.07. The number of allylic oxidation sites excluding steroid dienone is 1. The summed E-state index contributed by atoms with van der Waals surface area (Å²) in [5, 5.41) is 11.6. The summed E-state index contributed by atoms with van der Waals surface area (Å²) in [6.45, 7) is 6.65. The van der Waals surface area contributed by atoms with E-state index in [0.717, 1.165) is 43.2 Å². The third-order valence-electron chi connectivity index (χ3n) is 7.06. The largest absolute Gasteiger partial charge is 0.463 e. The number of ether oxygens (including phenoxy) is 1. The first kappa shape index (κ1) is 27.4. The van der Waals surface area contributed by atoms with E-state index in [2.05, 4.69) is 14.8 Å². The second-order valence-corrected chi connectivity index (χ2v) is 10.7. The summed E-state index contributed by atoms with van der Waals surface area (Å²) in [6.07, 6.45) is 1.65. The number of hydrogen-bond acceptors (Lipinski definition) is 9. The van der Waals surface area contributed by atoms with E-state index in [4.69, 9.17) is 4.74 Å². The number of benzene rings is 2. The van der Waals surface area contributed by atoms with Gasteiger partial charge in [0.05, 0.1) is 33.4 Å². The molecule has 3 aromatic rings. The Morgan fingerprint density at radius 2 is 1.90 bits per heavy atom.